The number of halogens is 3. The second-order valence-corrected chi connectivity index (χ2v) is 4.07. The number of hydrogen-bond acceptors (Lipinski definition) is 3. The number of aliphatic hydroxyl groups excluding tert-OH is 1. The van der Waals surface area contributed by atoms with Crippen LogP contribution < -0.4 is 10.6 Å². The van der Waals surface area contributed by atoms with Crippen LogP contribution in [0, 0.1) is 5.41 Å². The van der Waals surface area contributed by atoms with Crippen LogP contribution in [0.2, 0.25) is 5.02 Å². The Kier molecular flexibility index (Phi) is 5.30. The minimum Gasteiger partial charge on any atom is -0.395 e. The van der Waals surface area contributed by atoms with Gasteiger partial charge in [0.1, 0.15) is 5.84 Å². The number of anilines is 1. The summed E-state index contributed by atoms with van der Waals surface area (Å²) >= 11 is 5.78. The van der Waals surface area contributed by atoms with Gasteiger partial charge in [0.2, 0.25) is 0 Å². The molecule has 18 heavy (non-hydrogen) atoms. The summed E-state index contributed by atoms with van der Waals surface area (Å²) in [7, 11) is 0. The number of aliphatic hydroxyl groups is 1. The fourth-order valence-electron chi connectivity index (χ4n) is 1.60. The molecule has 0 fully saturated rings. The maximum Gasteiger partial charge on any atom is 0.255 e. The molecule has 0 aliphatic carbocycles. The van der Waals surface area contributed by atoms with Gasteiger partial charge in [-0.2, -0.15) is 0 Å². The minimum atomic E-state index is -2.55. The molecule has 0 heterocycles. The topological polar surface area (TPSA) is 73.3 Å². The van der Waals surface area contributed by atoms with E-state index >= 15 is 0 Å². The number of nitrogen functional groups attached to an aromatic ring is 1. The van der Waals surface area contributed by atoms with Crippen LogP contribution in [0.25, 0.3) is 0 Å². The molecule has 4 nitrogen and oxygen atoms in total. The first-order chi connectivity index (χ1) is 8.45. The number of nitrogens with two attached hydrogens (primary N) is 1. The first-order valence-electron chi connectivity index (χ1n) is 5.23. The molecule has 0 aromatic heterocycles. The number of benzene rings is 1. The molecule has 100 valence electrons. The summed E-state index contributed by atoms with van der Waals surface area (Å²) in [4.78, 5) is 1.28. The zero-order valence-electron chi connectivity index (χ0n) is 9.54. The second-order valence-electron chi connectivity index (χ2n) is 3.64. The molecule has 1 rings (SSSR count). The minimum absolute atomic E-state index is 0.0340. The molecule has 0 amide bonds. The van der Waals surface area contributed by atoms with Gasteiger partial charge in [0, 0.05) is 22.8 Å². The van der Waals surface area contributed by atoms with Crippen molar-refractivity contribution >= 4 is 23.1 Å². The van der Waals surface area contributed by atoms with Crippen LogP contribution in [0.3, 0.4) is 0 Å². The van der Waals surface area contributed by atoms with E-state index in [1.54, 1.807) is 0 Å². The van der Waals surface area contributed by atoms with Crippen molar-refractivity contribution in [1.29, 1.82) is 5.41 Å². The zero-order chi connectivity index (χ0) is 13.7. The third kappa shape index (κ3) is 3.82. The molecule has 0 bridgehead atoms. The Morgan fingerprint density at radius 3 is 2.67 bits per heavy atom. The monoisotopic (exact) mass is 277 g/mol. The number of nitrogens with one attached hydrogen (secondary N) is 1. The first kappa shape index (κ1) is 14.7. The molecule has 0 spiro atoms. The van der Waals surface area contributed by atoms with Gasteiger partial charge in [-0.05, 0) is 18.2 Å². The van der Waals surface area contributed by atoms with Crippen molar-refractivity contribution in [3.05, 3.63) is 28.8 Å². The van der Waals surface area contributed by atoms with E-state index in [4.69, 9.17) is 27.9 Å². The maximum atomic E-state index is 12.5. The summed E-state index contributed by atoms with van der Waals surface area (Å²) in [5, 5.41) is 16.7. The summed E-state index contributed by atoms with van der Waals surface area (Å²) in [6, 6.07) is 4.48. The van der Waals surface area contributed by atoms with Crippen molar-refractivity contribution in [2.75, 3.05) is 24.6 Å². The predicted molar refractivity (Wildman–Crippen MR) is 67.8 cm³/mol. The average Bonchev–Trinajstić information content (AvgIpc) is 2.27. The summed E-state index contributed by atoms with van der Waals surface area (Å²) in [6.45, 7) is -0.776. The molecule has 0 radical (unpaired) electrons. The lowest BCUT2D eigenvalue weighted by atomic mass is 10.1. The Morgan fingerprint density at radius 1 is 1.50 bits per heavy atom. The van der Waals surface area contributed by atoms with Crippen LogP contribution in [0.4, 0.5) is 14.5 Å². The van der Waals surface area contributed by atoms with Crippen molar-refractivity contribution in [2.24, 2.45) is 5.73 Å². The highest BCUT2D eigenvalue weighted by Crippen LogP contribution is 2.24. The Morgan fingerprint density at radius 2 is 2.17 bits per heavy atom. The fourth-order valence-corrected chi connectivity index (χ4v) is 1.77. The van der Waals surface area contributed by atoms with Crippen LogP contribution in [-0.4, -0.2) is 37.1 Å². The molecule has 4 N–H and O–H groups in total. The Labute approximate surface area is 108 Å². The number of rotatable bonds is 6. The van der Waals surface area contributed by atoms with Gasteiger partial charge in [0.15, 0.2) is 0 Å². The Hall–Kier alpha value is -1.40. The Bertz CT molecular complexity index is 429. The van der Waals surface area contributed by atoms with Gasteiger partial charge in [0.25, 0.3) is 6.43 Å². The summed E-state index contributed by atoms with van der Waals surface area (Å²) in [5.41, 5.74) is 6.03. The molecule has 0 saturated carbocycles. The van der Waals surface area contributed by atoms with E-state index in [0.29, 0.717) is 10.7 Å². The molecular formula is C11H14ClF2N3O. The number of alkyl halides is 2. The van der Waals surface area contributed by atoms with Gasteiger partial charge in [-0.3, -0.25) is 5.41 Å². The van der Waals surface area contributed by atoms with E-state index in [2.05, 4.69) is 0 Å². The molecular weight excluding hydrogens is 264 g/mol. The fraction of sp³-hybridized carbons (Fsp3) is 0.364. The van der Waals surface area contributed by atoms with Crippen molar-refractivity contribution in [1.82, 2.24) is 0 Å². The first-order valence-corrected chi connectivity index (χ1v) is 5.61. The average molecular weight is 278 g/mol. The summed E-state index contributed by atoms with van der Waals surface area (Å²) < 4.78 is 24.9. The zero-order valence-corrected chi connectivity index (χ0v) is 10.3. The van der Waals surface area contributed by atoms with Crippen molar-refractivity contribution in [3.63, 3.8) is 0 Å². The highest BCUT2D eigenvalue weighted by molar-refractivity contribution is 6.31. The molecule has 0 unspecified atom stereocenters. The van der Waals surface area contributed by atoms with Crippen molar-refractivity contribution < 1.29 is 13.9 Å². The third-order valence-electron chi connectivity index (χ3n) is 2.32. The molecule has 0 saturated heterocycles. The quantitative estimate of drug-likeness (QED) is 0.547. The van der Waals surface area contributed by atoms with E-state index in [1.807, 2.05) is 0 Å². The predicted octanol–water partition coefficient (Wildman–Crippen LogP) is 1.69. The van der Waals surface area contributed by atoms with Gasteiger partial charge >= 0.3 is 0 Å². The smallest absolute Gasteiger partial charge is 0.255 e. The lowest BCUT2D eigenvalue weighted by Crippen LogP contribution is -2.33. The van der Waals surface area contributed by atoms with E-state index in [1.165, 1.54) is 23.1 Å². The largest absolute Gasteiger partial charge is 0.395 e. The molecule has 0 aliphatic heterocycles. The lowest BCUT2D eigenvalue weighted by molar-refractivity contribution is 0.153. The molecule has 0 aliphatic rings. The third-order valence-corrected chi connectivity index (χ3v) is 2.55. The van der Waals surface area contributed by atoms with E-state index in [0.717, 1.165) is 0 Å². The van der Waals surface area contributed by atoms with Crippen LogP contribution in [0.1, 0.15) is 5.56 Å². The highest BCUT2D eigenvalue weighted by Gasteiger charge is 2.17. The van der Waals surface area contributed by atoms with Gasteiger partial charge < -0.3 is 15.7 Å². The highest BCUT2D eigenvalue weighted by atomic mass is 35.5. The maximum absolute atomic E-state index is 12.5. The van der Waals surface area contributed by atoms with Gasteiger partial charge in [-0.25, -0.2) is 8.78 Å². The number of hydrogen-bond donors (Lipinski definition) is 3. The van der Waals surface area contributed by atoms with E-state index in [-0.39, 0.29) is 24.6 Å². The number of amidine groups is 1. The van der Waals surface area contributed by atoms with Crippen LogP contribution in [0.5, 0.6) is 0 Å². The van der Waals surface area contributed by atoms with Crippen molar-refractivity contribution in [2.45, 2.75) is 6.43 Å². The van der Waals surface area contributed by atoms with Crippen LogP contribution in [0.15, 0.2) is 18.2 Å². The standard InChI is InChI=1S/C11H14ClF2N3O/c12-7-1-2-9(8(5-7)11(15)16)17(3-4-18)6-10(13)14/h1-2,5,10,18H,3-4,6H2,(H3,15,16). The van der Waals surface area contributed by atoms with Gasteiger partial charge in [-0.1, -0.05) is 11.6 Å². The van der Waals surface area contributed by atoms with E-state index in [9.17, 15) is 8.78 Å². The van der Waals surface area contributed by atoms with Gasteiger partial charge in [-0.15, -0.1) is 0 Å². The van der Waals surface area contributed by atoms with Crippen molar-refractivity contribution in [3.8, 4) is 0 Å². The summed E-state index contributed by atoms with van der Waals surface area (Å²) in [5.74, 6) is -0.260. The molecule has 7 heteroatoms. The van der Waals surface area contributed by atoms with E-state index < -0.39 is 13.0 Å². The van der Waals surface area contributed by atoms with Crippen LogP contribution in [-0.2, 0) is 0 Å². The number of nitrogens with zero attached hydrogens (tertiary/aromatic N) is 1. The summed E-state index contributed by atoms with van der Waals surface area (Å²) in [6.07, 6.45) is -2.55. The molecule has 0 atom stereocenters. The molecule has 1 aromatic carbocycles. The van der Waals surface area contributed by atoms with Crippen LogP contribution >= 0.6 is 11.6 Å². The Balaban J connectivity index is 3.13. The normalized spacial score (nSPS) is 10.7. The van der Waals surface area contributed by atoms with Gasteiger partial charge in [0.05, 0.1) is 13.2 Å². The SMILES string of the molecule is N=C(N)c1cc(Cl)ccc1N(CCO)CC(F)F. The lowest BCUT2D eigenvalue weighted by Gasteiger charge is -2.25. The molecule has 1 aromatic rings. The second kappa shape index (κ2) is 6.51.